The lowest BCUT2D eigenvalue weighted by atomic mass is 10.1. The molecule has 1 heterocycles. The molecule has 0 bridgehead atoms. The van der Waals surface area contributed by atoms with Gasteiger partial charge in [0.2, 0.25) is 5.91 Å². The summed E-state index contributed by atoms with van der Waals surface area (Å²) in [6.07, 6.45) is 2.44. The maximum atomic E-state index is 12.2. The van der Waals surface area contributed by atoms with Gasteiger partial charge in [0.25, 0.3) is 11.6 Å². The number of amides is 2. The summed E-state index contributed by atoms with van der Waals surface area (Å²) in [7, 11) is 0. The number of non-ortho nitro benzene ring substituents is 1. The number of rotatable bonds is 8. The van der Waals surface area contributed by atoms with Crippen LogP contribution in [0, 0.1) is 16.0 Å². The number of nitro groups is 1. The minimum absolute atomic E-state index is 0.0628. The van der Waals surface area contributed by atoms with E-state index in [1.165, 1.54) is 24.3 Å². The van der Waals surface area contributed by atoms with Gasteiger partial charge in [0, 0.05) is 35.5 Å². The molecule has 1 fully saturated rings. The molecular formula is C18H19N3O4S. The summed E-state index contributed by atoms with van der Waals surface area (Å²) in [6.45, 7) is 0.212. The molecule has 136 valence electrons. The first-order chi connectivity index (χ1) is 12.5. The molecule has 0 aliphatic heterocycles. The zero-order valence-corrected chi connectivity index (χ0v) is 14.8. The highest BCUT2D eigenvalue weighted by Crippen LogP contribution is 2.42. The van der Waals surface area contributed by atoms with Gasteiger partial charge in [-0.05, 0) is 42.3 Å². The van der Waals surface area contributed by atoms with E-state index in [1.54, 1.807) is 11.3 Å². The van der Waals surface area contributed by atoms with Gasteiger partial charge in [0.15, 0.2) is 0 Å². The van der Waals surface area contributed by atoms with Crippen molar-refractivity contribution in [3.8, 4) is 0 Å². The van der Waals surface area contributed by atoms with Crippen molar-refractivity contribution < 1.29 is 14.5 Å². The maximum Gasteiger partial charge on any atom is 0.269 e. The predicted molar refractivity (Wildman–Crippen MR) is 98.0 cm³/mol. The zero-order valence-electron chi connectivity index (χ0n) is 14.0. The number of benzene rings is 1. The van der Waals surface area contributed by atoms with E-state index in [4.69, 9.17) is 0 Å². The molecule has 1 saturated carbocycles. The summed E-state index contributed by atoms with van der Waals surface area (Å²) < 4.78 is 0. The van der Waals surface area contributed by atoms with E-state index in [-0.39, 0.29) is 36.5 Å². The highest BCUT2D eigenvalue weighted by Gasteiger charge is 2.33. The molecule has 0 radical (unpaired) electrons. The van der Waals surface area contributed by atoms with Gasteiger partial charge in [-0.25, -0.2) is 0 Å². The van der Waals surface area contributed by atoms with E-state index in [2.05, 4.69) is 10.6 Å². The van der Waals surface area contributed by atoms with Crippen LogP contribution < -0.4 is 10.6 Å². The molecule has 0 unspecified atom stereocenters. The van der Waals surface area contributed by atoms with Gasteiger partial charge >= 0.3 is 0 Å². The van der Waals surface area contributed by atoms with Crippen LogP contribution in [-0.2, 0) is 4.79 Å². The molecule has 1 aromatic heterocycles. The Labute approximate surface area is 154 Å². The number of nitro benzene ring substituents is 1. The Bertz CT molecular complexity index is 785. The fraction of sp³-hybridized carbons (Fsp3) is 0.333. The Morgan fingerprint density at radius 3 is 2.54 bits per heavy atom. The number of carbonyl (C=O) groups excluding carboxylic acids is 2. The van der Waals surface area contributed by atoms with Crippen molar-refractivity contribution in [1.82, 2.24) is 10.6 Å². The van der Waals surface area contributed by atoms with Crippen LogP contribution in [0.1, 0.15) is 40.5 Å². The number of nitrogens with zero attached hydrogens (tertiary/aromatic N) is 1. The Hall–Kier alpha value is -2.74. The van der Waals surface area contributed by atoms with E-state index in [1.807, 2.05) is 17.5 Å². The van der Waals surface area contributed by atoms with Crippen LogP contribution in [0.2, 0.25) is 0 Å². The lowest BCUT2D eigenvalue weighted by molar-refractivity contribution is -0.384. The molecule has 1 atom stereocenters. The van der Waals surface area contributed by atoms with E-state index in [0.29, 0.717) is 11.5 Å². The van der Waals surface area contributed by atoms with Gasteiger partial charge in [-0.2, -0.15) is 0 Å². The summed E-state index contributed by atoms with van der Waals surface area (Å²) in [6, 6.07) is 9.43. The van der Waals surface area contributed by atoms with Crippen LogP contribution in [0.25, 0.3) is 0 Å². The van der Waals surface area contributed by atoms with Gasteiger partial charge in [-0.3, -0.25) is 19.7 Å². The normalized spacial score (nSPS) is 14.5. The van der Waals surface area contributed by atoms with Crippen LogP contribution in [0.3, 0.4) is 0 Å². The average molecular weight is 373 g/mol. The summed E-state index contributed by atoms with van der Waals surface area (Å²) in [5.41, 5.74) is 0.256. The van der Waals surface area contributed by atoms with Crippen molar-refractivity contribution >= 4 is 28.8 Å². The van der Waals surface area contributed by atoms with Gasteiger partial charge in [0.05, 0.1) is 11.0 Å². The number of nitrogens with one attached hydrogen (secondary N) is 2. The van der Waals surface area contributed by atoms with E-state index < -0.39 is 4.92 Å². The number of hydrogen-bond acceptors (Lipinski definition) is 5. The zero-order chi connectivity index (χ0) is 18.5. The maximum absolute atomic E-state index is 12.2. The molecule has 8 heteroatoms. The van der Waals surface area contributed by atoms with E-state index in [0.717, 1.165) is 17.7 Å². The van der Waals surface area contributed by atoms with Crippen molar-refractivity contribution in [2.75, 3.05) is 6.54 Å². The first kappa shape index (κ1) is 18.1. The summed E-state index contributed by atoms with van der Waals surface area (Å²) in [5.74, 6) is 0.0521. The van der Waals surface area contributed by atoms with Crippen molar-refractivity contribution in [2.45, 2.75) is 25.3 Å². The average Bonchev–Trinajstić information content (AvgIpc) is 3.33. The van der Waals surface area contributed by atoms with Gasteiger partial charge in [-0.1, -0.05) is 6.07 Å². The largest absolute Gasteiger partial charge is 0.352 e. The molecule has 1 aromatic carbocycles. The van der Waals surface area contributed by atoms with Gasteiger partial charge < -0.3 is 10.6 Å². The Morgan fingerprint density at radius 1 is 1.23 bits per heavy atom. The molecule has 1 aliphatic carbocycles. The van der Waals surface area contributed by atoms with Gasteiger partial charge in [-0.15, -0.1) is 11.3 Å². The van der Waals surface area contributed by atoms with Crippen LogP contribution in [0.5, 0.6) is 0 Å². The molecule has 2 amide bonds. The Morgan fingerprint density at radius 2 is 1.96 bits per heavy atom. The van der Waals surface area contributed by atoms with Crippen molar-refractivity contribution in [2.24, 2.45) is 5.92 Å². The van der Waals surface area contributed by atoms with Crippen molar-refractivity contribution in [1.29, 1.82) is 0 Å². The van der Waals surface area contributed by atoms with E-state index in [9.17, 15) is 19.7 Å². The summed E-state index contributed by atoms with van der Waals surface area (Å²) in [4.78, 5) is 35.5. The molecule has 7 nitrogen and oxygen atoms in total. The number of thiophene rings is 1. The third-order valence-corrected chi connectivity index (χ3v) is 5.19. The SMILES string of the molecule is O=C(CCNC(=O)c1ccc([N+](=O)[O-])cc1)N[C@@H](c1cccs1)C1CC1. The fourth-order valence-corrected chi connectivity index (χ4v) is 3.56. The third-order valence-electron chi connectivity index (χ3n) is 4.24. The molecular weight excluding hydrogens is 354 g/mol. The molecule has 0 spiro atoms. The van der Waals surface area contributed by atoms with Crippen molar-refractivity contribution in [3.63, 3.8) is 0 Å². The van der Waals surface area contributed by atoms with Crippen molar-refractivity contribution in [3.05, 3.63) is 62.3 Å². The second-order valence-corrected chi connectivity index (χ2v) is 7.19. The highest BCUT2D eigenvalue weighted by molar-refractivity contribution is 7.10. The minimum Gasteiger partial charge on any atom is -0.352 e. The fourth-order valence-electron chi connectivity index (χ4n) is 2.69. The third kappa shape index (κ3) is 4.66. The highest BCUT2D eigenvalue weighted by atomic mass is 32.1. The summed E-state index contributed by atoms with van der Waals surface area (Å²) in [5, 5.41) is 18.3. The van der Waals surface area contributed by atoms with Gasteiger partial charge in [0.1, 0.15) is 0 Å². The molecule has 3 rings (SSSR count). The minimum atomic E-state index is -0.518. The van der Waals surface area contributed by atoms with Crippen LogP contribution in [-0.4, -0.2) is 23.3 Å². The quantitative estimate of drug-likeness (QED) is 0.548. The number of hydrogen-bond donors (Lipinski definition) is 2. The molecule has 2 aromatic rings. The van der Waals surface area contributed by atoms with Crippen LogP contribution in [0.15, 0.2) is 41.8 Å². The molecule has 26 heavy (non-hydrogen) atoms. The lowest BCUT2D eigenvalue weighted by Gasteiger charge is -2.17. The Kier molecular flexibility index (Phi) is 5.62. The monoisotopic (exact) mass is 373 g/mol. The molecule has 0 saturated heterocycles. The lowest BCUT2D eigenvalue weighted by Crippen LogP contribution is -2.33. The second-order valence-electron chi connectivity index (χ2n) is 6.21. The van der Waals surface area contributed by atoms with Crippen LogP contribution >= 0.6 is 11.3 Å². The van der Waals surface area contributed by atoms with Crippen LogP contribution in [0.4, 0.5) is 5.69 Å². The smallest absolute Gasteiger partial charge is 0.269 e. The molecule has 2 N–H and O–H groups in total. The standard InChI is InChI=1S/C18H19N3O4S/c22-16(20-17(12-3-4-12)15-2-1-11-26-15)9-10-19-18(23)13-5-7-14(8-6-13)21(24)25/h1-2,5-8,11-12,17H,3-4,9-10H2,(H,19,23)(H,20,22)/t17-/m1/s1. The first-order valence-corrected chi connectivity index (χ1v) is 9.28. The second kappa shape index (κ2) is 8.09. The topological polar surface area (TPSA) is 101 Å². The first-order valence-electron chi connectivity index (χ1n) is 8.40. The number of carbonyl (C=O) groups is 2. The summed E-state index contributed by atoms with van der Waals surface area (Å²) >= 11 is 1.64. The van der Waals surface area contributed by atoms with E-state index >= 15 is 0 Å². The Balaban J connectivity index is 1.45. The predicted octanol–water partition coefficient (Wildman–Crippen LogP) is 3.04. The molecule has 1 aliphatic rings.